The van der Waals surface area contributed by atoms with Crippen molar-refractivity contribution < 1.29 is 26.4 Å². The molecular weight excluding hydrogens is 737 g/mol. The Kier molecular flexibility index (Phi) is 12.8. The van der Waals surface area contributed by atoms with Crippen molar-refractivity contribution in [2.24, 2.45) is 11.8 Å². The van der Waals surface area contributed by atoms with E-state index in [1.807, 2.05) is 32.6 Å². The molecule has 55 heavy (non-hydrogen) atoms. The van der Waals surface area contributed by atoms with E-state index >= 15 is 0 Å². The van der Waals surface area contributed by atoms with Crippen molar-refractivity contribution in [3.63, 3.8) is 0 Å². The van der Waals surface area contributed by atoms with Gasteiger partial charge < -0.3 is 9.64 Å². The second kappa shape index (κ2) is 17.3. The highest BCUT2D eigenvalue weighted by atomic mass is 32.2. The van der Waals surface area contributed by atoms with Crippen LogP contribution in [0.4, 0.5) is 21.9 Å². The van der Waals surface area contributed by atoms with Crippen LogP contribution in [0.5, 0.6) is 0 Å². The number of amides is 1. The number of benzene rings is 4. The molecule has 0 aliphatic carbocycles. The van der Waals surface area contributed by atoms with Crippen LogP contribution in [0.1, 0.15) is 57.4 Å². The predicted octanol–water partition coefficient (Wildman–Crippen LogP) is 7.15. The van der Waals surface area contributed by atoms with Crippen molar-refractivity contribution in [2.75, 3.05) is 52.8 Å². The van der Waals surface area contributed by atoms with Gasteiger partial charge in [0.25, 0.3) is 20.0 Å². The van der Waals surface area contributed by atoms with E-state index in [4.69, 9.17) is 4.74 Å². The maximum atomic E-state index is 13.9. The van der Waals surface area contributed by atoms with Gasteiger partial charge in [-0.2, -0.15) is 10.5 Å². The van der Waals surface area contributed by atoms with E-state index in [1.54, 1.807) is 78.6 Å². The molecule has 0 radical (unpaired) electrons. The topological polar surface area (TPSA) is 155 Å². The van der Waals surface area contributed by atoms with Crippen LogP contribution in [-0.4, -0.2) is 67.2 Å². The monoisotopic (exact) mass is 782 g/mol. The van der Waals surface area contributed by atoms with Crippen LogP contribution in [0.2, 0.25) is 0 Å². The van der Waals surface area contributed by atoms with Gasteiger partial charge in [0.15, 0.2) is 0 Å². The second-order valence-corrected chi connectivity index (χ2v) is 17.8. The zero-order valence-corrected chi connectivity index (χ0v) is 33.3. The molecule has 0 bridgehead atoms. The van der Waals surface area contributed by atoms with Gasteiger partial charge in [0.05, 0.1) is 56.7 Å². The number of carbonyl (C=O) groups excluding carboxylic acids is 1. The first-order valence-corrected chi connectivity index (χ1v) is 21.0. The summed E-state index contributed by atoms with van der Waals surface area (Å²) in [7, 11) is -7.93. The lowest BCUT2D eigenvalue weighted by molar-refractivity contribution is 0.0852. The zero-order chi connectivity index (χ0) is 39.9. The first-order chi connectivity index (χ1) is 26.2. The summed E-state index contributed by atoms with van der Waals surface area (Å²) < 4.78 is 63.5. The number of carbonyl (C=O) groups is 1. The highest BCUT2D eigenvalue weighted by Gasteiger charge is 2.36. The molecule has 5 rings (SSSR count). The van der Waals surface area contributed by atoms with E-state index in [0.717, 1.165) is 0 Å². The molecule has 4 aromatic carbocycles. The third-order valence-corrected chi connectivity index (χ3v) is 12.8. The number of piperazine rings is 1. The van der Waals surface area contributed by atoms with Crippen LogP contribution in [-0.2, 0) is 24.8 Å². The van der Waals surface area contributed by atoms with Crippen molar-refractivity contribution in [1.29, 1.82) is 10.5 Å². The molecule has 12 nitrogen and oxygen atoms in total. The lowest BCUT2D eigenvalue weighted by atomic mass is 9.96. The minimum Gasteiger partial charge on any atom is -0.450 e. The Morgan fingerprint density at radius 1 is 0.745 bits per heavy atom. The number of sulfonamides is 2. The first-order valence-electron chi connectivity index (χ1n) is 18.1. The summed E-state index contributed by atoms with van der Waals surface area (Å²) >= 11 is 0. The molecule has 14 heteroatoms. The normalized spacial score (nSPS) is 14.7. The van der Waals surface area contributed by atoms with Crippen molar-refractivity contribution >= 4 is 43.2 Å². The van der Waals surface area contributed by atoms with E-state index < -0.39 is 32.2 Å². The van der Waals surface area contributed by atoms with Crippen molar-refractivity contribution in [1.82, 2.24) is 4.90 Å². The van der Waals surface area contributed by atoms with Crippen LogP contribution < -0.4 is 13.5 Å². The summed E-state index contributed by atoms with van der Waals surface area (Å²) in [6.07, 6.45) is -0.570. The number of anilines is 3. The molecule has 1 saturated heterocycles. The molecule has 1 aliphatic rings. The summed E-state index contributed by atoms with van der Waals surface area (Å²) in [5.41, 5.74) is 2.10. The average molecular weight is 783 g/mol. The molecule has 0 spiro atoms. The van der Waals surface area contributed by atoms with Crippen LogP contribution in [0, 0.1) is 34.5 Å². The fourth-order valence-corrected chi connectivity index (χ4v) is 9.89. The molecule has 4 aromatic rings. The molecule has 1 amide bonds. The molecule has 0 saturated carbocycles. The van der Waals surface area contributed by atoms with Gasteiger partial charge in [0.2, 0.25) is 0 Å². The quantitative estimate of drug-likeness (QED) is 0.138. The standard InChI is InChI=1S/C41H46N6O6S2/c1-6-53-41(48)45-22-21-44(39-20-18-35(24-33(39)26-43)47(28-31(4)5)55(51,52)37-15-11-8-12-16-37)29-40(45)38-19-17-34(23-32(38)25-42)46(27-30(2)3)54(49,50)36-13-9-7-10-14-36/h7-20,23-24,30-31,40H,6,21-22,27-29H2,1-5H3. The Balaban J connectivity index is 1.55. The molecule has 1 aliphatic heterocycles. The van der Waals surface area contributed by atoms with Crippen molar-refractivity contribution in [3.05, 3.63) is 114 Å². The second-order valence-electron chi connectivity index (χ2n) is 14.0. The maximum absolute atomic E-state index is 13.9. The summed E-state index contributed by atoms with van der Waals surface area (Å²) in [5, 5.41) is 20.9. The Labute approximate surface area is 324 Å². The molecule has 1 fully saturated rings. The average Bonchev–Trinajstić information content (AvgIpc) is 3.18. The van der Waals surface area contributed by atoms with E-state index in [2.05, 4.69) is 12.1 Å². The van der Waals surface area contributed by atoms with Gasteiger partial charge in [-0.25, -0.2) is 21.6 Å². The summed E-state index contributed by atoms with van der Waals surface area (Å²) in [5.74, 6) is -0.0523. The molecular formula is C41H46N6O6S2. The molecule has 0 aromatic heterocycles. The van der Waals surface area contributed by atoms with E-state index in [9.17, 15) is 32.2 Å². The molecule has 1 heterocycles. The molecule has 288 valence electrons. The Bertz CT molecular complexity index is 2290. The smallest absolute Gasteiger partial charge is 0.410 e. The number of rotatable bonds is 13. The van der Waals surface area contributed by atoms with Crippen LogP contribution in [0.3, 0.4) is 0 Å². The Hall–Kier alpha value is -5.57. The van der Waals surface area contributed by atoms with Gasteiger partial charge in [-0.15, -0.1) is 0 Å². The predicted molar refractivity (Wildman–Crippen MR) is 213 cm³/mol. The number of nitriles is 2. The van der Waals surface area contributed by atoms with E-state index in [0.29, 0.717) is 29.2 Å². The summed E-state index contributed by atoms with van der Waals surface area (Å²) in [6.45, 7) is 10.5. The lowest BCUT2D eigenvalue weighted by Gasteiger charge is -2.42. The van der Waals surface area contributed by atoms with Crippen LogP contribution in [0.25, 0.3) is 0 Å². The fourth-order valence-electron chi connectivity index (χ4n) is 6.61. The number of hydrogen-bond acceptors (Lipinski definition) is 9. The van der Waals surface area contributed by atoms with Crippen LogP contribution >= 0.6 is 0 Å². The van der Waals surface area contributed by atoms with Crippen LogP contribution in [0.15, 0.2) is 107 Å². The van der Waals surface area contributed by atoms with Gasteiger partial charge in [0, 0.05) is 32.7 Å². The first kappa shape index (κ1) is 40.6. The Morgan fingerprint density at radius 3 is 1.71 bits per heavy atom. The fraction of sp³-hybridized carbons (Fsp3) is 0.341. The third-order valence-electron chi connectivity index (χ3n) is 9.14. The van der Waals surface area contributed by atoms with E-state index in [-0.39, 0.29) is 65.5 Å². The third kappa shape index (κ3) is 8.88. The number of ether oxygens (including phenoxy) is 1. The number of nitrogens with zero attached hydrogens (tertiary/aromatic N) is 6. The van der Waals surface area contributed by atoms with Gasteiger partial charge in [-0.3, -0.25) is 13.5 Å². The van der Waals surface area contributed by atoms with E-state index in [1.165, 1.54) is 38.9 Å². The summed E-state index contributed by atoms with van der Waals surface area (Å²) in [6, 6.07) is 29.8. The SMILES string of the molecule is CCOC(=O)N1CCN(c2ccc(N(CC(C)C)S(=O)(=O)c3ccccc3)cc2C#N)CC1c1ccc(N(CC(C)C)S(=O)(=O)c2ccccc2)cc1C#N. The molecule has 1 atom stereocenters. The molecule has 1 unspecified atom stereocenters. The zero-order valence-electron chi connectivity index (χ0n) is 31.7. The lowest BCUT2D eigenvalue weighted by Crippen LogP contribution is -2.51. The van der Waals surface area contributed by atoms with Crippen molar-refractivity contribution in [2.45, 2.75) is 50.5 Å². The number of hydrogen-bond donors (Lipinski definition) is 0. The van der Waals surface area contributed by atoms with Gasteiger partial charge in [-0.1, -0.05) is 70.2 Å². The van der Waals surface area contributed by atoms with Crippen molar-refractivity contribution in [3.8, 4) is 12.1 Å². The minimum absolute atomic E-state index is 0.0166. The molecule has 0 N–H and O–H groups in total. The highest BCUT2D eigenvalue weighted by Crippen LogP contribution is 2.37. The Morgan fingerprint density at radius 2 is 1.24 bits per heavy atom. The maximum Gasteiger partial charge on any atom is 0.410 e. The largest absolute Gasteiger partial charge is 0.450 e. The van der Waals surface area contributed by atoms with Gasteiger partial charge in [0.1, 0.15) is 6.07 Å². The highest BCUT2D eigenvalue weighted by molar-refractivity contribution is 7.93. The summed E-state index contributed by atoms with van der Waals surface area (Å²) in [4.78, 5) is 17.1. The van der Waals surface area contributed by atoms with Gasteiger partial charge >= 0.3 is 6.09 Å². The van der Waals surface area contributed by atoms with Gasteiger partial charge in [-0.05, 0) is 78.9 Å². The minimum atomic E-state index is -3.98.